The second-order valence-corrected chi connectivity index (χ2v) is 6.70. The van der Waals surface area contributed by atoms with Gasteiger partial charge in [0.15, 0.2) is 0 Å². The molecule has 2 heterocycles. The van der Waals surface area contributed by atoms with Crippen LogP contribution in [0.4, 0.5) is 0 Å². The first kappa shape index (κ1) is 18.5. The normalized spacial score (nSPS) is 16.7. The molecule has 1 aromatic carbocycles. The fourth-order valence-electron chi connectivity index (χ4n) is 3.35. The van der Waals surface area contributed by atoms with Crippen molar-refractivity contribution in [2.24, 2.45) is 0 Å². The predicted octanol–water partition coefficient (Wildman–Crippen LogP) is 3.05. The second kappa shape index (κ2) is 8.36. The van der Waals surface area contributed by atoms with Crippen LogP contribution in [-0.2, 0) is 22.5 Å². The molecule has 1 saturated heterocycles. The molecule has 0 saturated carbocycles. The Labute approximate surface area is 154 Å². The maximum atomic E-state index is 13.1. The van der Waals surface area contributed by atoms with Gasteiger partial charge < -0.3 is 18.9 Å². The van der Waals surface area contributed by atoms with Crippen molar-refractivity contribution in [1.29, 1.82) is 0 Å². The van der Waals surface area contributed by atoms with Crippen LogP contribution in [0.1, 0.15) is 35.4 Å². The number of nitrogens with zero attached hydrogens (tertiary/aromatic N) is 2. The van der Waals surface area contributed by atoms with E-state index in [1.54, 1.807) is 7.11 Å². The van der Waals surface area contributed by atoms with E-state index in [2.05, 4.69) is 5.16 Å². The van der Waals surface area contributed by atoms with Crippen molar-refractivity contribution in [3.05, 3.63) is 46.8 Å². The molecule has 6 heteroatoms. The van der Waals surface area contributed by atoms with Crippen LogP contribution in [0.5, 0.6) is 5.75 Å². The molecule has 1 aliphatic heterocycles. The van der Waals surface area contributed by atoms with Crippen molar-refractivity contribution in [1.82, 2.24) is 10.1 Å². The quantitative estimate of drug-likeness (QED) is 0.761. The van der Waals surface area contributed by atoms with Gasteiger partial charge in [-0.05, 0) is 32.8 Å². The van der Waals surface area contributed by atoms with Gasteiger partial charge in [-0.15, -0.1) is 0 Å². The number of methoxy groups -OCH3 is 1. The molecule has 0 radical (unpaired) electrons. The minimum Gasteiger partial charge on any atom is -0.496 e. The SMILES string of the molecule is COc1ccccc1CN(CC1CCCO1)C(=O)Cc1c(C)noc1C. The third-order valence-electron chi connectivity index (χ3n) is 4.86. The van der Waals surface area contributed by atoms with Gasteiger partial charge in [-0.25, -0.2) is 0 Å². The Bertz CT molecular complexity index is 731. The molecule has 1 unspecified atom stereocenters. The monoisotopic (exact) mass is 358 g/mol. The summed E-state index contributed by atoms with van der Waals surface area (Å²) in [5.41, 5.74) is 2.62. The van der Waals surface area contributed by atoms with Gasteiger partial charge in [0.25, 0.3) is 0 Å². The summed E-state index contributed by atoms with van der Waals surface area (Å²) in [5, 5.41) is 3.95. The molecule has 1 aliphatic rings. The van der Waals surface area contributed by atoms with Gasteiger partial charge in [0.05, 0.1) is 25.3 Å². The minimum atomic E-state index is 0.0424. The van der Waals surface area contributed by atoms with Crippen LogP contribution < -0.4 is 4.74 Å². The van der Waals surface area contributed by atoms with E-state index >= 15 is 0 Å². The minimum absolute atomic E-state index is 0.0424. The maximum absolute atomic E-state index is 13.1. The number of benzene rings is 1. The molecule has 1 amide bonds. The molecule has 0 N–H and O–H groups in total. The predicted molar refractivity (Wildman–Crippen MR) is 97.1 cm³/mol. The highest BCUT2D eigenvalue weighted by atomic mass is 16.5. The van der Waals surface area contributed by atoms with Crippen LogP contribution in [0.15, 0.2) is 28.8 Å². The molecule has 26 heavy (non-hydrogen) atoms. The summed E-state index contributed by atoms with van der Waals surface area (Å²) in [6.07, 6.45) is 2.41. The van der Waals surface area contributed by atoms with E-state index in [9.17, 15) is 4.79 Å². The second-order valence-electron chi connectivity index (χ2n) is 6.70. The van der Waals surface area contributed by atoms with Crippen molar-refractivity contribution < 1.29 is 18.8 Å². The van der Waals surface area contributed by atoms with Crippen molar-refractivity contribution in [2.45, 2.75) is 45.8 Å². The van der Waals surface area contributed by atoms with Gasteiger partial charge in [-0.2, -0.15) is 0 Å². The van der Waals surface area contributed by atoms with Crippen LogP contribution in [0.25, 0.3) is 0 Å². The molecule has 1 fully saturated rings. The highest BCUT2D eigenvalue weighted by molar-refractivity contribution is 5.79. The van der Waals surface area contributed by atoms with E-state index in [0.29, 0.717) is 18.8 Å². The van der Waals surface area contributed by atoms with Crippen LogP contribution in [0, 0.1) is 13.8 Å². The average Bonchev–Trinajstić information content (AvgIpc) is 3.26. The molecule has 3 rings (SSSR count). The Morgan fingerprint density at radius 2 is 2.15 bits per heavy atom. The highest BCUT2D eigenvalue weighted by Gasteiger charge is 2.25. The Balaban J connectivity index is 1.79. The summed E-state index contributed by atoms with van der Waals surface area (Å²) in [6.45, 7) is 5.55. The summed E-state index contributed by atoms with van der Waals surface area (Å²) < 4.78 is 16.4. The van der Waals surface area contributed by atoms with E-state index in [0.717, 1.165) is 42.0 Å². The Morgan fingerprint density at radius 1 is 1.35 bits per heavy atom. The van der Waals surface area contributed by atoms with Crippen LogP contribution in [0.2, 0.25) is 0 Å². The smallest absolute Gasteiger partial charge is 0.227 e. The van der Waals surface area contributed by atoms with E-state index in [-0.39, 0.29) is 18.4 Å². The summed E-state index contributed by atoms with van der Waals surface area (Å²) in [4.78, 5) is 14.9. The molecule has 1 aromatic heterocycles. The fraction of sp³-hybridized carbons (Fsp3) is 0.500. The number of aromatic nitrogens is 1. The molecule has 6 nitrogen and oxygen atoms in total. The Morgan fingerprint density at radius 3 is 2.81 bits per heavy atom. The third-order valence-corrected chi connectivity index (χ3v) is 4.86. The molecule has 140 valence electrons. The first-order chi connectivity index (χ1) is 12.6. The number of ether oxygens (including phenoxy) is 2. The summed E-state index contributed by atoms with van der Waals surface area (Å²) in [7, 11) is 1.65. The summed E-state index contributed by atoms with van der Waals surface area (Å²) in [5.74, 6) is 1.53. The van der Waals surface area contributed by atoms with Gasteiger partial charge in [0.2, 0.25) is 5.91 Å². The van der Waals surface area contributed by atoms with Crippen molar-refractivity contribution in [3.8, 4) is 5.75 Å². The summed E-state index contributed by atoms with van der Waals surface area (Å²) >= 11 is 0. The number of aryl methyl sites for hydroxylation is 2. The van der Waals surface area contributed by atoms with Gasteiger partial charge in [0, 0.05) is 30.8 Å². The van der Waals surface area contributed by atoms with Crippen molar-refractivity contribution >= 4 is 5.91 Å². The van der Waals surface area contributed by atoms with E-state index in [4.69, 9.17) is 14.0 Å². The molecular weight excluding hydrogens is 332 g/mol. The number of para-hydroxylation sites is 1. The van der Waals surface area contributed by atoms with Gasteiger partial charge in [-0.3, -0.25) is 4.79 Å². The van der Waals surface area contributed by atoms with E-state index < -0.39 is 0 Å². The maximum Gasteiger partial charge on any atom is 0.227 e. The Hall–Kier alpha value is -2.34. The van der Waals surface area contributed by atoms with Gasteiger partial charge in [0.1, 0.15) is 11.5 Å². The number of carbonyl (C=O) groups is 1. The zero-order chi connectivity index (χ0) is 18.5. The first-order valence-electron chi connectivity index (χ1n) is 9.01. The van der Waals surface area contributed by atoms with E-state index in [1.165, 1.54) is 0 Å². The number of carbonyl (C=O) groups excluding carboxylic acids is 1. The lowest BCUT2D eigenvalue weighted by Crippen LogP contribution is -2.38. The van der Waals surface area contributed by atoms with E-state index in [1.807, 2.05) is 43.0 Å². The van der Waals surface area contributed by atoms with Crippen molar-refractivity contribution in [3.63, 3.8) is 0 Å². The lowest BCUT2D eigenvalue weighted by molar-refractivity contribution is -0.132. The third kappa shape index (κ3) is 4.25. The van der Waals surface area contributed by atoms with Crippen LogP contribution >= 0.6 is 0 Å². The summed E-state index contributed by atoms with van der Waals surface area (Å²) in [6, 6.07) is 7.79. The lowest BCUT2D eigenvalue weighted by atomic mass is 10.1. The zero-order valence-corrected chi connectivity index (χ0v) is 15.7. The number of hydrogen-bond acceptors (Lipinski definition) is 5. The van der Waals surface area contributed by atoms with Gasteiger partial charge >= 0.3 is 0 Å². The highest BCUT2D eigenvalue weighted by Crippen LogP contribution is 2.22. The first-order valence-corrected chi connectivity index (χ1v) is 9.01. The standard InChI is InChI=1S/C20H26N2O4/c1-14-18(15(2)26-21-14)11-20(23)22(13-17-8-6-10-25-17)12-16-7-4-5-9-19(16)24-3/h4-5,7,9,17H,6,8,10-13H2,1-3H3. The molecule has 1 atom stereocenters. The molecule has 0 aliphatic carbocycles. The van der Waals surface area contributed by atoms with Crippen LogP contribution in [0.3, 0.4) is 0 Å². The largest absolute Gasteiger partial charge is 0.496 e. The molecule has 0 bridgehead atoms. The molecule has 0 spiro atoms. The zero-order valence-electron chi connectivity index (χ0n) is 15.7. The molecule has 2 aromatic rings. The number of amides is 1. The Kier molecular flexibility index (Phi) is 5.93. The fourth-order valence-corrected chi connectivity index (χ4v) is 3.35. The lowest BCUT2D eigenvalue weighted by Gasteiger charge is -2.26. The molecular formula is C20H26N2O4. The number of hydrogen-bond donors (Lipinski definition) is 0. The van der Waals surface area contributed by atoms with Gasteiger partial charge in [-0.1, -0.05) is 23.4 Å². The number of rotatable bonds is 7. The van der Waals surface area contributed by atoms with Crippen LogP contribution in [-0.4, -0.2) is 42.3 Å². The topological polar surface area (TPSA) is 64.8 Å². The average molecular weight is 358 g/mol. The van der Waals surface area contributed by atoms with Crippen molar-refractivity contribution in [2.75, 3.05) is 20.3 Å².